The molecule has 0 saturated heterocycles. The summed E-state index contributed by atoms with van der Waals surface area (Å²) in [4.78, 5) is 11.2. The fourth-order valence-electron chi connectivity index (χ4n) is 1.72. The van der Waals surface area contributed by atoms with Gasteiger partial charge in [0.05, 0.1) is 5.60 Å². The Labute approximate surface area is 84.6 Å². The van der Waals surface area contributed by atoms with Gasteiger partial charge in [-0.2, -0.15) is 0 Å². The molecule has 0 bridgehead atoms. The van der Waals surface area contributed by atoms with Gasteiger partial charge in [-0.15, -0.1) is 0 Å². The molecule has 0 atom stereocenters. The Morgan fingerprint density at radius 2 is 2.14 bits per heavy atom. The molecule has 1 fully saturated rings. The largest absolute Gasteiger partial charge is 0.388 e. The van der Waals surface area contributed by atoms with Gasteiger partial charge in [0, 0.05) is 13.2 Å². The van der Waals surface area contributed by atoms with Crippen molar-refractivity contribution in [3.05, 3.63) is 0 Å². The van der Waals surface area contributed by atoms with Crippen LogP contribution in [0.3, 0.4) is 0 Å². The van der Waals surface area contributed by atoms with Crippen molar-refractivity contribution in [1.29, 1.82) is 0 Å². The molecular weight excluding hydrogens is 182 g/mol. The maximum absolute atomic E-state index is 11.2. The Kier molecular flexibility index (Phi) is 4.35. The molecule has 1 rings (SSSR count). The fraction of sp³-hybridized carbons (Fsp3) is 0.900. The molecule has 1 saturated carbocycles. The zero-order chi connectivity index (χ0) is 10.4. The highest BCUT2D eigenvalue weighted by Crippen LogP contribution is 2.28. The van der Waals surface area contributed by atoms with Crippen molar-refractivity contribution in [1.82, 2.24) is 5.32 Å². The molecule has 0 unspecified atom stereocenters. The Morgan fingerprint density at radius 1 is 1.50 bits per heavy atom. The third kappa shape index (κ3) is 3.64. The van der Waals surface area contributed by atoms with Crippen LogP contribution in [-0.2, 0) is 9.53 Å². The minimum absolute atomic E-state index is 0.0899. The molecule has 1 aliphatic carbocycles. The number of carbonyl (C=O) groups is 1. The van der Waals surface area contributed by atoms with E-state index in [9.17, 15) is 9.90 Å². The average molecular weight is 201 g/mol. The molecule has 4 heteroatoms. The lowest BCUT2D eigenvalue weighted by Crippen LogP contribution is -2.42. The summed E-state index contributed by atoms with van der Waals surface area (Å²) in [5.74, 6) is -0.146. The number of hydrogen-bond acceptors (Lipinski definition) is 3. The second kappa shape index (κ2) is 5.32. The first-order valence-corrected chi connectivity index (χ1v) is 5.23. The molecule has 0 aromatic heterocycles. The van der Waals surface area contributed by atoms with E-state index in [2.05, 4.69) is 5.32 Å². The lowest BCUT2D eigenvalue weighted by atomic mass is 10.0. The Morgan fingerprint density at radius 3 is 2.71 bits per heavy atom. The maximum Gasteiger partial charge on any atom is 0.246 e. The van der Waals surface area contributed by atoms with Crippen molar-refractivity contribution in [2.24, 2.45) is 0 Å². The molecule has 1 amide bonds. The summed E-state index contributed by atoms with van der Waals surface area (Å²) in [5.41, 5.74) is -0.665. The first kappa shape index (κ1) is 11.5. The third-order valence-electron chi connectivity index (χ3n) is 2.59. The lowest BCUT2D eigenvalue weighted by molar-refractivity contribution is -0.126. The minimum Gasteiger partial charge on any atom is -0.388 e. The van der Waals surface area contributed by atoms with E-state index in [4.69, 9.17) is 4.74 Å². The summed E-state index contributed by atoms with van der Waals surface area (Å²) < 4.78 is 4.95. The van der Waals surface area contributed by atoms with Crippen LogP contribution in [0, 0.1) is 0 Å². The van der Waals surface area contributed by atoms with E-state index in [1.54, 1.807) is 0 Å². The molecule has 0 aromatic carbocycles. The van der Waals surface area contributed by atoms with E-state index in [-0.39, 0.29) is 12.5 Å². The third-order valence-corrected chi connectivity index (χ3v) is 2.59. The summed E-state index contributed by atoms with van der Waals surface area (Å²) in [7, 11) is 0. The van der Waals surface area contributed by atoms with Gasteiger partial charge in [0.2, 0.25) is 5.91 Å². The number of hydrogen-bond donors (Lipinski definition) is 2. The highest BCUT2D eigenvalue weighted by atomic mass is 16.5. The van der Waals surface area contributed by atoms with Gasteiger partial charge >= 0.3 is 0 Å². The summed E-state index contributed by atoms with van der Waals surface area (Å²) in [6, 6.07) is 0. The Bertz CT molecular complexity index is 188. The van der Waals surface area contributed by atoms with Gasteiger partial charge in [-0.05, 0) is 19.8 Å². The fourth-order valence-corrected chi connectivity index (χ4v) is 1.72. The standard InChI is InChI=1S/C10H19NO3/c1-2-14-7-9(12)11-8-10(13)5-3-4-6-10/h13H,2-8H2,1H3,(H,11,12). The van der Waals surface area contributed by atoms with Crippen LogP contribution >= 0.6 is 0 Å². The second-order valence-corrected chi connectivity index (χ2v) is 3.85. The van der Waals surface area contributed by atoms with Crippen molar-refractivity contribution < 1.29 is 14.6 Å². The summed E-state index contributed by atoms with van der Waals surface area (Å²) in [6.45, 7) is 2.83. The maximum atomic E-state index is 11.2. The molecule has 2 N–H and O–H groups in total. The molecule has 4 nitrogen and oxygen atoms in total. The van der Waals surface area contributed by atoms with E-state index in [0.717, 1.165) is 25.7 Å². The highest BCUT2D eigenvalue weighted by Gasteiger charge is 2.31. The van der Waals surface area contributed by atoms with Crippen LogP contribution in [0.2, 0.25) is 0 Å². The number of rotatable bonds is 5. The number of amides is 1. The van der Waals surface area contributed by atoms with Crippen molar-refractivity contribution in [2.75, 3.05) is 19.8 Å². The van der Waals surface area contributed by atoms with Gasteiger partial charge in [-0.1, -0.05) is 12.8 Å². The van der Waals surface area contributed by atoms with Crippen LogP contribution in [-0.4, -0.2) is 36.4 Å². The second-order valence-electron chi connectivity index (χ2n) is 3.85. The van der Waals surface area contributed by atoms with Gasteiger partial charge < -0.3 is 15.2 Å². The molecule has 1 aliphatic rings. The van der Waals surface area contributed by atoms with E-state index in [1.165, 1.54) is 0 Å². The van der Waals surface area contributed by atoms with Crippen LogP contribution in [0.5, 0.6) is 0 Å². The smallest absolute Gasteiger partial charge is 0.246 e. The van der Waals surface area contributed by atoms with E-state index in [1.807, 2.05) is 6.92 Å². The van der Waals surface area contributed by atoms with E-state index < -0.39 is 5.60 Å². The number of carbonyl (C=O) groups excluding carboxylic acids is 1. The van der Waals surface area contributed by atoms with E-state index >= 15 is 0 Å². The first-order chi connectivity index (χ1) is 6.66. The number of ether oxygens (including phenoxy) is 1. The molecule has 0 spiro atoms. The van der Waals surface area contributed by atoms with Crippen molar-refractivity contribution >= 4 is 5.91 Å². The molecule has 0 heterocycles. The zero-order valence-corrected chi connectivity index (χ0v) is 8.71. The van der Waals surface area contributed by atoms with Gasteiger partial charge in [0.25, 0.3) is 0 Å². The number of nitrogens with one attached hydrogen (secondary N) is 1. The SMILES string of the molecule is CCOCC(=O)NCC1(O)CCCC1. The molecule has 0 aliphatic heterocycles. The van der Waals surface area contributed by atoms with Crippen LogP contribution in [0.4, 0.5) is 0 Å². The molecule has 0 radical (unpaired) electrons. The summed E-state index contributed by atoms with van der Waals surface area (Å²) in [6.07, 6.45) is 3.69. The van der Waals surface area contributed by atoms with Crippen molar-refractivity contribution in [3.8, 4) is 0 Å². The van der Waals surface area contributed by atoms with Crippen LogP contribution < -0.4 is 5.32 Å². The predicted octanol–water partition coefficient (Wildman–Crippen LogP) is 0.444. The zero-order valence-electron chi connectivity index (χ0n) is 8.71. The lowest BCUT2D eigenvalue weighted by Gasteiger charge is -2.22. The predicted molar refractivity (Wildman–Crippen MR) is 52.9 cm³/mol. The minimum atomic E-state index is -0.665. The van der Waals surface area contributed by atoms with Gasteiger partial charge in [0.1, 0.15) is 6.61 Å². The molecule has 14 heavy (non-hydrogen) atoms. The quantitative estimate of drug-likeness (QED) is 0.678. The average Bonchev–Trinajstić information content (AvgIpc) is 2.60. The monoisotopic (exact) mass is 201 g/mol. The topological polar surface area (TPSA) is 58.6 Å². The van der Waals surface area contributed by atoms with Gasteiger partial charge in [-0.25, -0.2) is 0 Å². The molecular formula is C10H19NO3. The van der Waals surface area contributed by atoms with Crippen molar-refractivity contribution in [3.63, 3.8) is 0 Å². The summed E-state index contributed by atoms with van der Waals surface area (Å²) in [5, 5.41) is 12.6. The molecule has 82 valence electrons. The van der Waals surface area contributed by atoms with Gasteiger partial charge in [-0.3, -0.25) is 4.79 Å². The normalized spacial score (nSPS) is 19.6. The molecule has 0 aromatic rings. The Hall–Kier alpha value is -0.610. The van der Waals surface area contributed by atoms with Crippen LogP contribution in [0.1, 0.15) is 32.6 Å². The van der Waals surface area contributed by atoms with E-state index in [0.29, 0.717) is 13.2 Å². The van der Waals surface area contributed by atoms with Crippen molar-refractivity contribution in [2.45, 2.75) is 38.2 Å². The number of aliphatic hydroxyl groups is 1. The van der Waals surface area contributed by atoms with Crippen LogP contribution in [0.25, 0.3) is 0 Å². The summed E-state index contributed by atoms with van der Waals surface area (Å²) >= 11 is 0. The van der Waals surface area contributed by atoms with Crippen LogP contribution in [0.15, 0.2) is 0 Å². The van der Waals surface area contributed by atoms with Gasteiger partial charge in [0.15, 0.2) is 0 Å². The Balaban J connectivity index is 2.15. The highest BCUT2D eigenvalue weighted by molar-refractivity contribution is 5.77. The first-order valence-electron chi connectivity index (χ1n) is 5.23.